The number of aromatic nitrogens is 2. The van der Waals surface area contributed by atoms with Crippen molar-refractivity contribution in [2.45, 2.75) is 24.7 Å². The predicted octanol–water partition coefficient (Wildman–Crippen LogP) is 4.40. The summed E-state index contributed by atoms with van der Waals surface area (Å²) in [5.41, 5.74) is 1.01. The Morgan fingerprint density at radius 1 is 1.38 bits per heavy atom. The normalized spacial score (nSPS) is 10.6. The van der Waals surface area contributed by atoms with Gasteiger partial charge in [0.1, 0.15) is 0 Å². The zero-order valence-corrected chi connectivity index (χ0v) is 13.8. The van der Waals surface area contributed by atoms with E-state index in [0.29, 0.717) is 15.9 Å². The van der Waals surface area contributed by atoms with Crippen LogP contribution >= 0.6 is 35.0 Å². The molecule has 1 aromatic carbocycles. The van der Waals surface area contributed by atoms with Crippen LogP contribution in [0, 0.1) is 0 Å². The molecule has 2 aromatic rings. The van der Waals surface area contributed by atoms with E-state index in [0.717, 1.165) is 23.4 Å². The molecule has 0 radical (unpaired) electrons. The van der Waals surface area contributed by atoms with Gasteiger partial charge in [-0.1, -0.05) is 36.5 Å². The van der Waals surface area contributed by atoms with E-state index in [2.05, 4.69) is 22.4 Å². The number of nitrogens with zero attached hydrogens (tertiary/aromatic N) is 1. The second-order valence-electron chi connectivity index (χ2n) is 4.44. The summed E-state index contributed by atoms with van der Waals surface area (Å²) in [6.07, 6.45) is 1.94. The Hall–Kier alpha value is -1.17. The van der Waals surface area contributed by atoms with E-state index in [1.165, 1.54) is 11.8 Å². The van der Waals surface area contributed by atoms with Crippen LogP contribution in [0.5, 0.6) is 0 Å². The molecular formula is C14H15Cl2N3OS. The second-order valence-corrected chi connectivity index (χ2v) is 6.30. The monoisotopic (exact) mass is 343 g/mol. The number of halogens is 2. The molecule has 0 saturated carbocycles. The molecule has 2 N–H and O–H groups in total. The van der Waals surface area contributed by atoms with E-state index in [4.69, 9.17) is 23.2 Å². The average Bonchev–Trinajstić information content (AvgIpc) is 2.87. The van der Waals surface area contributed by atoms with Crippen LogP contribution < -0.4 is 5.32 Å². The van der Waals surface area contributed by atoms with Crippen LogP contribution in [0.4, 0.5) is 5.82 Å². The molecule has 0 unspecified atom stereocenters. The number of benzene rings is 1. The number of hydrogen-bond acceptors (Lipinski definition) is 3. The number of thioether (sulfide) groups is 1. The maximum absolute atomic E-state index is 11.9. The van der Waals surface area contributed by atoms with Gasteiger partial charge in [0, 0.05) is 21.7 Å². The summed E-state index contributed by atoms with van der Waals surface area (Å²) in [7, 11) is 0. The smallest absolute Gasteiger partial charge is 0.235 e. The van der Waals surface area contributed by atoms with Crippen molar-refractivity contribution in [3.63, 3.8) is 0 Å². The average molecular weight is 344 g/mol. The highest BCUT2D eigenvalue weighted by Crippen LogP contribution is 2.29. The molecule has 0 saturated heterocycles. The Morgan fingerprint density at radius 3 is 2.95 bits per heavy atom. The molecule has 112 valence electrons. The Balaban J connectivity index is 1.88. The number of H-pyrrole nitrogens is 1. The summed E-state index contributed by atoms with van der Waals surface area (Å²) in [5.74, 6) is 0.655. The topological polar surface area (TPSA) is 57.8 Å². The molecule has 0 atom stereocenters. The molecule has 0 fully saturated rings. The third-order valence-corrected chi connectivity index (χ3v) is 4.40. The molecule has 0 aliphatic heterocycles. The van der Waals surface area contributed by atoms with Crippen molar-refractivity contribution >= 4 is 46.7 Å². The van der Waals surface area contributed by atoms with Crippen LogP contribution in [-0.2, 0) is 11.2 Å². The first-order valence-corrected chi connectivity index (χ1v) is 8.24. The van der Waals surface area contributed by atoms with Gasteiger partial charge in [-0.25, -0.2) is 0 Å². The van der Waals surface area contributed by atoms with Gasteiger partial charge in [0.2, 0.25) is 5.91 Å². The Labute approximate surface area is 137 Å². The molecule has 21 heavy (non-hydrogen) atoms. The molecule has 1 aromatic heterocycles. The van der Waals surface area contributed by atoms with Gasteiger partial charge in [0.15, 0.2) is 5.82 Å². The second kappa shape index (κ2) is 7.73. The minimum atomic E-state index is -0.134. The van der Waals surface area contributed by atoms with E-state index in [9.17, 15) is 4.79 Å². The summed E-state index contributed by atoms with van der Waals surface area (Å²) in [4.78, 5) is 12.7. The van der Waals surface area contributed by atoms with Crippen molar-refractivity contribution in [3.8, 4) is 0 Å². The lowest BCUT2D eigenvalue weighted by atomic mass is 10.2. The van der Waals surface area contributed by atoms with Gasteiger partial charge < -0.3 is 5.32 Å². The number of rotatable bonds is 6. The number of nitrogens with one attached hydrogen (secondary N) is 2. The summed E-state index contributed by atoms with van der Waals surface area (Å²) < 4.78 is 0. The highest BCUT2D eigenvalue weighted by molar-refractivity contribution is 8.00. The number of amides is 1. The highest BCUT2D eigenvalue weighted by atomic mass is 35.5. The van der Waals surface area contributed by atoms with Crippen molar-refractivity contribution in [1.82, 2.24) is 10.2 Å². The lowest BCUT2D eigenvalue weighted by Gasteiger charge is -2.04. The summed E-state index contributed by atoms with van der Waals surface area (Å²) in [6, 6.07) is 7.02. The van der Waals surface area contributed by atoms with E-state index in [1.807, 2.05) is 6.07 Å². The summed E-state index contributed by atoms with van der Waals surface area (Å²) >= 11 is 13.3. The fourth-order valence-electron chi connectivity index (χ4n) is 1.73. The minimum Gasteiger partial charge on any atom is -0.308 e. The van der Waals surface area contributed by atoms with Gasteiger partial charge in [-0.15, -0.1) is 11.8 Å². The van der Waals surface area contributed by atoms with Crippen molar-refractivity contribution in [1.29, 1.82) is 0 Å². The SMILES string of the molecule is CCCc1cc(NC(=O)CSc2cc(Cl)ccc2Cl)n[nH]1. The first kappa shape index (κ1) is 16.2. The van der Waals surface area contributed by atoms with E-state index in [1.54, 1.807) is 18.2 Å². The molecule has 7 heteroatoms. The summed E-state index contributed by atoms with van der Waals surface area (Å²) in [5, 5.41) is 10.9. The number of hydrogen-bond donors (Lipinski definition) is 2. The van der Waals surface area contributed by atoms with Gasteiger partial charge in [-0.05, 0) is 24.6 Å². The van der Waals surface area contributed by atoms with Crippen LogP contribution in [0.1, 0.15) is 19.0 Å². The van der Waals surface area contributed by atoms with Crippen molar-refractivity contribution in [3.05, 3.63) is 40.0 Å². The molecule has 0 aliphatic rings. The molecule has 0 spiro atoms. The third-order valence-electron chi connectivity index (χ3n) is 2.67. The molecule has 1 amide bonds. The largest absolute Gasteiger partial charge is 0.308 e. The number of aromatic amines is 1. The number of carbonyl (C=O) groups excluding carboxylic acids is 1. The van der Waals surface area contributed by atoms with Gasteiger partial charge in [0.25, 0.3) is 0 Å². The molecule has 1 heterocycles. The van der Waals surface area contributed by atoms with Crippen LogP contribution in [-0.4, -0.2) is 21.9 Å². The Bertz CT molecular complexity index is 630. The summed E-state index contributed by atoms with van der Waals surface area (Å²) in [6.45, 7) is 2.09. The van der Waals surface area contributed by atoms with Crippen LogP contribution in [0.25, 0.3) is 0 Å². The van der Waals surface area contributed by atoms with E-state index in [-0.39, 0.29) is 11.7 Å². The Morgan fingerprint density at radius 2 is 2.19 bits per heavy atom. The first-order chi connectivity index (χ1) is 10.1. The fourth-order valence-corrected chi connectivity index (χ4v) is 3.03. The lowest BCUT2D eigenvalue weighted by Crippen LogP contribution is -2.14. The molecule has 0 bridgehead atoms. The maximum Gasteiger partial charge on any atom is 0.235 e. The van der Waals surface area contributed by atoms with Crippen LogP contribution in [0.15, 0.2) is 29.2 Å². The Kier molecular flexibility index (Phi) is 5.96. The van der Waals surface area contributed by atoms with E-state index >= 15 is 0 Å². The van der Waals surface area contributed by atoms with Gasteiger partial charge in [-0.2, -0.15) is 5.10 Å². The molecule has 2 rings (SSSR count). The number of anilines is 1. The van der Waals surface area contributed by atoms with Crippen LogP contribution in [0.2, 0.25) is 10.0 Å². The number of aryl methyl sites for hydroxylation is 1. The molecule has 4 nitrogen and oxygen atoms in total. The first-order valence-electron chi connectivity index (χ1n) is 6.50. The third kappa shape index (κ3) is 4.95. The van der Waals surface area contributed by atoms with Crippen molar-refractivity contribution in [2.75, 3.05) is 11.1 Å². The van der Waals surface area contributed by atoms with Gasteiger partial charge >= 0.3 is 0 Å². The van der Waals surface area contributed by atoms with Gasteiger partial charge in [0.05, 0.1) is 10.8 Å². The zero-order chi connectivity index (χ0) is 15.2. The maximum atomic E-state index is 11.9. The quantitative estimate of drug-likeness (QED) is 0.764. The van der Waals surface area contributed by atoms with E-state index < -0.39 is 0 Å². The minimum absolute atomic E-state index is 0.134. The van der Waals surface area contributed by atoms with Crippen molar-refractivity contribution < 1.29 is 4.79 Å². The fraction of sp³-hybridized carbons (Fsp3) is 0.286. The highest BCUT2D eigenvalue weighted by Gasteiger charge is 2.09. The van der Waals surface area contributed by atoms with Crippen LogP contribution in [0.3, 0.4) is 0 Å². The van der Waals surface area contributed by atoms with Crippen molar-refractivity contribution in [2.24, 2.45) is 0 Å². The van der Waals surface area contributed by atoms with Gasteiger partial charge in [-0.3, -0.25) is 9.89 Å². The molecular weight excluding hydrogens is 329 g/mol. The molecule has 0 aliphatic carbocycles. The standard InChI is InChI=1S/C14H15Cl2N3OS/c1-2-3-10-7-13(19-18-10)17-14(20)8-21-12-6-9(15)4-5-11(12)16/h4-7H,2-3,8H2,1H3,(H2,17,18,19,20). The lowest BCUT2D eigenvalue weighted by molar-refractivity contribution is -0.113. The number of carbonyl (C=O) groups is 1. The zero-order valence-electron chi connectivity index (χ0n) is 11.5. The predicted molar refractivity (Wildman–Crippen MR) is 88.4 cm³/mol.